The van der Waals surface area contributed by atoms with Gasteiger partial charge in [-0.25, -0.2) is 4.98 Å². The number of aryl methyl sites for hydroxylation is 1. The highest BCUT2D eigenvalue weighted by Crippen LogP contribution is 2.35. The molecule has 1 heterocycles. The quantitative estimate of drug-likeness (QED) is 0.906. The monoisotopic (exact) mass is 306 g/mol. The van der Waals surface area contributed by atoms with Crippen molar-refractivity contribution in [3.63, 3.8) is 0 Å². The van der Waals surface area contributed by atoms with Crippen molar-refractivity contribution in [3.8, 4) is 5.88 Å². The molecule has 5 nitrogen and oxygen atoms in total. The Balaban J connectivity index is 2.12. The fourth-order valence-electron chi connectivity index (χ4n) is 3.15. The number of hydrogen-bond acceptors (Lipinski definition) is 4. The maximum absolute atomic E-state index is 12.7. The molecule has 2 atom stereocenters. The predicted octanol–water partition coefficient (Wildman–Crippen LogP) is 3.32. The van der Waals surface area contributed by atoms with Gasteiger partial charge in [0.15, 0.2) is 0 Å². The van der Waals surface area contributed by atoms with E-state index in [1.807, 2.05) is 19.9 Å². The fourth-order valence-corrected chi connectivity index (χ4v) is 3.15. The number of amides is 1. The molecule has 1 aliphatic rings. The van der Waals surface area contributed by atoms with Crippen LogP contribution < -0.4 is 10.1 Å². The minimum atomic E-state index is -0.718. The van der Waals surface area contributed by atoms with E-state index >= 15 is 0 Å². The molecule has 1 N–H and O–H groups in total. The summed E-state index contributed by atoms with van der Waals surface area (Å²) >= 11 is 0. The normalized spacial score (nSPS) is 24.8. The molecule has 0 saturated heterocycles. The van der Waals surface area contributed by atoms with Gasteiger partial charge in [-0.05, 0) is 45.1 Å². The van der Waals surface area contributed by atoms with Gasteiger partial charge in [0.05, 0.1) is 18.5 Å². The Kier molecular flexibility index (Phi) is 5.40. The second kappa shape index (κ2) is 7.09. The molecule has 0 radical (unpaired) electrons. The maximum Gasteiger partial charge on any atom is 0.256 e. The highest BCUT2D eigenvalue weighted by molar-refractivity contribution is 5.97. The number of pyridine rings is 1. The molecule has 0 bridgehead atoms. The minimum Gasteiger partial charge on any atom is -0.478 e. The van der Waals surface area contributed by atoms with Gasteiger partial charge in [0.1, 0.15) is 5.60 Å². The Morgan fingerprint density at radius 3 is 2.91 bits per heavy atom. The minimum absolute atomic E-state index is 0.0769. The molecule has 2 rings (SSSR count). The summed E-state index contributed by atoms with van der Waals surface area (Å²) in [4.78, 5) is 16.9. The van der Waals surface area contributed by atoms with E-state index in [1.54, 1.807) is 13.3 Å². The van der Waals surface area contributed by atoms with E-state index in [0.717, 1.165) is 31.2 Å². The van der Waals surface area contributed by atoms with Crippen LogP contribution in [0.25, 0.3) is 0 Å². The average Bonchev–Trinajstić information content (AvgIpc) is 2.50. The zero-order valence-corrected chi connectivity index (χ0v) is 13.9. The molecule has 22 heavy (non-hydrogen) atoms. The number of carbonyl (C=O) groups excluding carboxylic acids is 1. The molecule has 122 valence electrons. The van der Waals surface area contributed by atoms with E-state index in [-0.39, 0.29) is 5.91 Å². The smallest absolute Gasteiger partial charge is 0.256 e. The number of ether oxygens (including phenoxy) is 2. The Labute approximate surface area is 132 Å². The fraction of sp³-hybridized carbons (Fsp3) is 0.647. The molecule has 1 aliphatic carbocycles. The molecule has 1 aromatic rings. The van der Waals surface area contributed by atoms with Crippen LogP contribution >= 0.6 is 0 Å². The molecule has 0 aromatic carbocycles. The molecule has 0 unspecified atom stereocenters. The summed E-state index contributed by atoms with van der Waals surface area (Å²) in [5, 5.41) is 2.95. The lowest BCUT2D eigenvalue weighted by atomic mass is 9.78. The van der Waals surface area contributed by atoms with Gasteiger partial charge in [0.2, 0.25) is 5.88 Å². The first-order valence-electron chi connectivity index (χ1n) is 7.97. The summed E-state index contributed by atoms with van der Waals surface area (Å²) in [5.74, 6) is 1.03. The number of methoxy groups -OCH3 is 1. The van der Waals surface area contributed by atoms with Crippen LogP contribution in [0.2, 0.25) is 0 Å². The van der Waals surface area contributed by atoms with Crippen molar-refractivity contribution >= 4 is 11.6 Å². The Morgan fingerprint density at radius 2 is 2.32 bits per heavy atom. The van der Waals surface area contributed by atoms with Crippen LogP contribution in [0.1, 0.15) is 45.1 Å². The van der Waals surface area contributed by atoms with Crippen molar-refractivity contribution in [1.82, 2.24) is 4.98 Å². The Bertz CT molecular complexity index is 533. The van der Waals surface area contributed by atoms with Crippen LogP contribution in [0.5, 0.6) is 5.88 Å². The van der Waals surface area contributed by atoms with E-state index in [4.69, 9.17) is 9.47 Å². The molecule has 1 aromatic heterocycles. The summed E-state index contributed by atoms with van der Waals surface area (Å²) in [6.45, 7) is 6.58. The third-order valence-corrected chi connectivity index (χ3v) is 4.33. The summed E-state index contributed by atoms with van der Waals surface area (Å²) < 4.78 is 11.0. The topological polar surface area (TPSA) is 60.5 Å². The zero-order valence-electron chi connectivity index (χ0n) is 13.9. The lowest BCUT2D eigenvalue weighted by Gasteiger charge is -2.37. The largest absolute Gasteiger partial charge is 0.478 e. The van der Waals surface area contributed by atoms with Gasteiger partial charge >= 0.3 is 0 Å². The van der Waals surface area contributed by atoms with Gasteiger partial charge in [-0.2, -0.15) is 0 Å². The van der Waals surface area contributed by atoms with Crippen LogP contribution in [0.15, 0.2) is 12.3 Å². The molecule has 5 heteroatoms. The van der Waals surface area contributed by atoms with Crippen LogP contribution in [-0.2, 0) is 9.53 Å². The van der Waals surface area contributed by atoms with E-state index in [9.17, 15) is 4.79 Å². The summed E-state index contributed by atoms with van der Waals surface area (Å²) in [7, 11) is 1.62. The first-order valence-corrected chi connectivity index (χ1v) is 7.97. The van der Waals surface area contributed by atoms with Crippen molar-refractivity contribution in [3.05, 3.63) is 17.8 Å². The van der Waals surface area contributed by atoms with E-state index in [1.165, 1.54) is 0 Å². The van der Waals surface area contributed by atoms with Crippen LogP contribution in [0.3, 0.4) is 0 Å². The van der Waals surface area contributed by atoms with Crippen molar-refractivity contribution in [2.45, 2.75) is 52.1 Å². The van der Waals surface area contributed by atoms with Crippen molar-refractivity contribution in [1.29, 1.82) is 0 Å². The van der Waals surface area contributed by atoms with Crippen LogP contribution in [0.4, 0.5) is 5.69 Å². The SMILES string of the molecule is CCOc1ncc(NC(=O)[C@@]2(OC)CCC[C@H](C)C2)cc1C. The molecule has 1 fully saturated rings. The second-order valence-electron chi connectivity index (χ2n) is 6.13. The van der Waals surface area contributed by atoms with Crippen molar-refractivity contribution < 1.29 is 14.3 Å². The highest BCUT2D eigenvalue weighted by Gasteiger charge is 2.42. The number of aromatic nitrogens is 1. The molecule has 0 aliphatic heterocycles. The number of rotatable bonds is 5. The third kappa shape index (κ3) is 3.58. The van der Waals surface area contributed by atoms with E-state index in [0.29, 0.717) is 24.1 Å². The molecular formula is C17H26N2O3. The summed E-state index contributed by atoms with van der Waals surface area (Å²) in [5.41, 5.74) is 0.869. The number of nitrogens with zero attached hydrogens (tertiary/aromatic N) is 1. The number of carbonyl (C=O) groups is 1. The van der Waals surface area contributed by atoms with Gasteiger partial charge in [-0.3, -0.25) is 4.79 Å². The van der Waals surface area contributed by atoms with Gasteiger partial charge in [0, 0.05) is 12.7 Å². The zero-order chi connectivity index (χ0) is 16.2. The molecule has 1 saturated carbocycles. The molecular weight excluding hydrogens is 280 g/mol. The Morgan fingerprint density at radius 1 is 1.55 bits per heavy atom. The number of anilines is 1. The van der Waals surface area contributed by atoms with Gasteiger partial charge in [0.25, 0.3) is 5.91 Å². The number of nitrogens with one attached hydrogen (secondary N) is 1. The van der Waals surface area contributed by atoms with Gasteiger partial charge in [-0.15, -0.1) is 0 Å². The lowest BCUT2D eigenvalue weighted by molar-refractivity contribution is -0.143. The van der Waals surface area contributed by atoms with Gasteiger partial charge < -0.3 is 14.8 Å². The summed E-state index contributed by atoms with van der Waals surface area (Å²) in [6, 6.07) is 1.88. The van der Waals surface area contributed by atoms with Crippen LogP contribution in [0, 0.1) is 12.8 Å². The predicted molar refractivity (Wildman–Crippen MR) is 86.1 cm³/mol. The average molecular weight is 306 g/mol. The maximum atomic E-state index is 12.7. The van der Waals surface area contributed by atoms with Crippen LogP contribution in [-0.4, -0.2) is 30.2 Å². The molecule has 1 amide bonds. The lowest BCUT2D eigenvalue weighted by Crippen LogP contribution is -2.47. The number of hydrogen-bond donors (Lipinski definition) is 1. The van der Waals surface area contributed by atoms with E-state index in [2.05, 4.69) is 17.2 Å². The first kappa shape index (κ1) is 16.7. The second-order valence-corrected chi connectivity index (χ2v) is 6.13. The summed E-state index contributed by atoms with van der Waals surface area (Å²) in [6.07, 6.45) is 5.33. The van der Waals surface area contributed by atoms with Crippen molar-refractivity contribution in [2.75, 3.05) is 19.0 Å². The van der Waals surface area contributed by atoms with Crippen molar-refractivity contribution in [2.24, 2.45) is 5.92 Å². The van der Waals surface area contributed by atoms with Gasteiger partial charge in [-0.1, -0.05) is 13.3 Å². The van der Waals surface area contributed by atoms with E-state index < -0.39 is 5.60 Å². The molecule has 0 spiro atoms. The first-order chi connectivity index (χ1) is 10.5. The Hall–Kier alpha value is -1.62. The highest BCUT2D eigenvalue weighted by atomic mass is 16.5. The standard InChI is InChI=1S/C17H26N2O3/c1-5-22-15-13(3)9-14(11-18-15)19-16(20)17(21-4)8-6-7-12(2)10-17/h9,11-12H,5-8,10H2,1-4H3,(H,19,20)/t12-,17+/m0/s1. The third-order valence-electron chi connectivity index (χ3n) is 4.33.